The minimum Gasteiger partial charge on any atom is -0.468 e. The van der Waals surface area contributed by atoms with E-state index in [0.29, 0.717) is 22.2 Å². The standard InChI is InChI=1S/C25H24ClN3O4S/c1-14(2)15-7-9-16(10-8-15)21-19(12-27)24(29-23(31)22(21)25(32)33-3)34-13-20(30)28-18-6-4-5-17(26)11-18/h4-11,14,21-22H,13H2,1-3H3,(H,28,30)(H,29,31)/t21-,22-/m0/s1. The maximum Gasteiger partial charge on any atom is 0.319 e. The van der Waals surface area contributed by atoms with Crippen LogP contribution < -0.4 is 10.6 Å². The Bertz CT molecular complexity index is 1170. The highest BCUT2D eigenvalue weighted by Crippen LogP contribution is 2.40. The summed E-state index contributed by atoms with van der Waals surface area (Å²) in [5, 5.41) is 16.1. The summed E-state index contributed by atoms with van der Waals surface area (Å²) in [6.45, 7) is 4.12. The minimum atomic E-state index is -1.21. The van der Waals surface area contributed by atoms with Gasteiger partial charge in [0.1, 0.15) is 5.92 Å². The molecule has 1 aliphatic rings. The molecule has 2 aromatic rings. The second-order valence-corrected chi connectivity index (χ2v) is 9.41. The van der Waals surface area contributed by atoms with E-state index in [1.54, 1.807) is 24.3 Å². The van der Waals surface area contributed by atoms with Crippen LogP contribution in [-0.4, -0.2) is 30.6 Å². The van der Waals surface area contributed by atoms with Crippen molar-refractivity contribution in [2.24, 2.45) is 5.92 Å². The van der Waals surface area contributed by atoms with Crippen LogP contribution in [0.3, 0.4) is 0 Å². The normalized spacial score (nSPS) is 17.7. The number of allylic oxidation sites excluding steroid dienone is 1. The molecule has 0 radical (unpaired) electrons. The van der Waals surface area contributed by atoms with Crippen molar-refractivity contribution in [1.29, 1.82) is 5.26 Å². The predicted octanol–water partition coefficient (Wildman–Crippen LogP) is 4.57. The minimum absolute atomic E-state index is 0.0603. The van der Waals surface area contributed by atoms with E-state index in [2.05, 4.69) is 30.6 Å². The van der Waals surface area contributed by atoms with E-state index in [-0.39, 0.29) is 22.3 Å². The first-order valence-corrected chi connectivity index (χ1v) is 11.9. The number of ether oxygens (including phenoxy) is 1. The molecule has 2 N–H and O–H groups in total. The fourth-order valence-corrected chi connectivity index (χ4v) is 4.71. The highest BCUT2D eigenvalue weighted by atomic mass is 35.5. The van der Waals surface area contributed by atoms with Gasteiger partial charge in [0, 0.05) is 16.6 Å². The second kappa shape index (κ2) is 11.2. The number of carbonyl (C=O) groups is 3. The van der Waals surface area contributed by atoms with Crippen LogP contribution in [0.4, 0.5) is 5.69 Å². The van der Waals surface area contributed by atoms with Gasteiger partial charge in [0.25, 0.3) is 0 Å². The summed E-state index contributed by atoms with van der Waals surface area (Å²) in [5.74, 6) is -3.45. The van der Waals surface area contributed by atoms with Crippen molar-refractivity contribution in [3.8, 4) is 6.07 Å². The molecule has 0 aliphatic carbocycles. The molecular weight excluding hydrogens is 474 g/mol. The van der Waals surface area contributed by atoms with Crippen LogP contribution in [0.2, 0.25) is 5.02 Å². The smallest absolute Gasteiger partial charge is 0.319 e. The third kappa shape index (κ3) is 5.79. The molecule has 0 fully saturated rings. The lowest BCUT2D eigenvalue weighted by Gasteiger charge is -2.31. The largest absolute Gasteiger partial charge is 0.468 e. The van der Waals surface area contributed by atoms with Gasteiger partial charge in [0.05, 0.1) is 29.5 Å². The number of nitrogens with zero attached hydrogens (tertiary/aromatic N) is 1. The molecule has 1 aliphatic heterocycles. The maximum absolute atomic E-state index is 12.9. The van der Waals surface area contributed by atoms with E-state index >= 15 is 0 Å². The first-order valence-electron chi connectivity index (χ1n) is 10.6. The molecule has 3 rings (SSSR count). The molecule has 2 aromatic carbocycles. The molecule has 0 spiro atoms. The topological polar surface area (TPSA) is 108 Å². The molecule has 2 atom stereocenters. The van der Waals surface area contributed by atoms with Crippen LogP contribution in [-0.2, 0) is 19.1 Å². The van der Waals surface area contributed by atoms with Gasteiger partial charge in [-0.15, -0.1) is 0 Å². The molecule has 0 unspecified atom stereocenters. The summed E-state index contributed by atoms with van der Waals surface area (Å²) in [6, 6.07) is 16.3. The molecule has 0 saturated heterocycles. The first kappa shape index (κ1) is 25.3. The van der Waals surface area contributed by atoms with Crippen molar-refractivity contribution in [3.05, 3.63) is 75.3 Å². The number of halogens is 1. The van der Waals surface area contributed by atoms with Gasteiger partial charge in [-0.1, -0.05) is 67.5 Å². The average Bonchev–Trinajstić information content (AvgIpc) is 2.81. The molecular formula is C25H24ClN3O4S. The van der Waals surface area contributed by atoms with Gasteiger partial charge in [-0.25, -0.2) is 0 Å². The Hall–Kier alpha value is -3.28. The Balaban J connectivity index is 1.90. The lowest BCUT2D eigenvalue weighted by Crippen LogP contribution is -2.44. The molecule has 7 nitrogen and oxygen atoms in total. The van der Waals surface area contributed by atoms with Crippen LogP contribution in [0.15, 0.2) is 59.1 Å². The molecule has 176 valence electrons. The van der Waals surface area contributed by atoms with Crippen molar-refractivity contribution >= 4 is 46.8 Å². The summed E-state index contributed by atoms with van der Waals surface area (Å²) in [7, 11) is 1.20. The number of nitriles is 1. The highest BCUT2D eigenvalue weighted by molar-refractivity contribution is 8.03. The first-order chi connectivity index (χ1) is 16.2. The third-order valence-corrected chi connectivity index (χ3v) is 6.65. The van der Waals surface area contributed by atoms with Gasteiger partial charge in [-0.3, -0.25) is 14.4 Å². The molecule has 0 bridgehead atoms. The zero-order valence-corrected chi connectivity index (χ0v) is 20.5. The Kier molecular flexibility index (Phi) is 8.37. The van der Waals surface area contributed by atoms with Crippen molar-refractivity contribution in [3.63, 3.8) is 0 Å². The summed E-state index contributed by atoms with van der Waals surface area (Å²) >= 11 is 6.97. The Morgan fingerprint density at radius 3 is 2.53 bits per heavy atom. The van der Waals surface area contributed by atoms with Crippen LogP contribution in [0.1, 0.15) is 36.8 Å². The molecule has 1 heterocycles. The number of anilines is 1. The van der Waals surface area contributed by atoms with Gasteiger partial charge in [0.15, 0.2) is 0 Å². The molecule has 9 heteroatoms. The second-order valence-electron chi connectivity index (χ2n) is 7.99. The van der Waals surface area contributed by atoms with E-state index in [0.717, 1.165) is 17.3 Å². The third-order valence-electron chi connectivity index (χ3n) is 5.40. The molecule has 0 saturated carbocycles. The number of thioether (sulfide) groups is 1. The zero-order chi connectivity index (χ0) is 24.8. The number of amides is 2. The van der Waals surface area contributed by atoms with Gasteiger partial charge in [0.2, 0.25) is 11.8 Å². The van der Waals surface area contributed by atoms with Gasteiger partial charge in [-0.05, 0) is 35.2 Å². The Morgan fingerprint density at radius 2 is 1.94 bits per heavy atom. The van der Waals surface area contributed by atoms with Gasteiger partial charge < -0.3 is 15.4 Å². The fraction of sp³-hybridized carbons (Fsp3) is 0.280. The van der Waals surface area contributed by atoms with Crippen LogP contribution in [0, 0.1) is 17.2 Å². The number of hydrogen-bond donors (Lipinski definition) is 2. The molecule has 34 heavy (non-hydrogen) atoms. The maximum atomic E-state index is 12.9. The summed E-state index contributed by atoms with van der Waals surface area (Å²) in [6.07, 6.45) is 0. The zero-order valence-electron chi connectivity index (χ0n) is 18.9. The van der Waals surface area contributed by atoms with Crippen molar-refractivity contribution < 1.29 is 19.1 Å². The van der Waals surface area contributed by atoms with Crippen LogP contribution >= 0.6 is 23.4 Å². The average molecular weight is 498 g/mol. The van der Waals surface area contributed by atoms with Crippen molar-refractivity contribution in [2.75, 3.05) is 18.2 Å². The van der Waals surface area contributed by atoms with E-state index < -0.39 is 23.7 Å². The molecule has 0 aromatic heterocycles. The predicted molar refractivity (Wildman–Crippen MR) is 132 cm³/mol. The Labute approximate surface area is 207 Å². The summed E-state index contributed by atoms with van der Waals surface area (Å²) in [5.41, 5.74) is 2.48. The van der Waals surface area contributed by atoms with E-state index in [1.165, 1.54) is 7.11 Å². The number of nitrogens with one attached hydrogen (secondary N) is 2. The highest BCUT2D eigenvalue weighted by Gasteiger charge is 2.44. The summed E-state index contributed by atoms with van der Waals surface area (Å²) in [4.78, 5) is 37.9. The monoisotopic (exact) mass is 497 g/mol. The molecule has 2 amide bonds. The quantitative estimate of drug-likeness (QED) is 0.428. The number of carbonyl (C=O) groups excluding carboxylic acids is 3. The van der Waals surface area contributed by atoms with E-state index in [9.17, 15) is 19.6 Å². The van der Waals surface area contributed by atoms with Gasteiger partial charge >= 0.3 is 5.97 Å². The number of rotatable bonds is 7. The SMILES string of the molecule is COC(=O)[C@@H]1C(=O)NC(SCC(=O)Nc2cccc(Cl)c2)=C(C#N)[C@@H]1c1ccc(C(C)C)cc1. The van der Waals surface area contributed by atoms with Crippen molar-refractivity contribution in [1.82, 2.24) is 5.32 Å². The summed E-state index contributed by atoms with van der Waals surface area (Å²) < 4.78 is 4.86. The van der Waals surface area contributed by atoms with Crippen molar-refractivity contribution in [2.45, 2.75) is 25.7 Å². The Morgan fingerprint density at radius 1 is 1.24 bits per heavy atom. The number of hydrogen-bond acceptors (Lipinski definition) is 6. The number of benzene rings is 2. The van der Waals surface area contributed by atoms with E-state index in [4.69, 9.17) is 16.3 Å². The van der Waals surface area contributed by atoms with Gasteiger partial charge in [-0.2, -0.15) is 5.26 Å². The lowest BCUT2D eigenvalue weighted by atomic mass is 9.78. The number of esters is 1. The van der Waals surface area contributed by atoms with Crippen LogP contribution in [0.5, 0.6) is 0 Å². The van der Waals surface area contributed by atoms with Crippen LogP contribution in [0.25, 0.3) is 0 Å². The van der Waals surface area contributed by atoms with E-state index in [1.807, 2.05) is 24.3 Å². The number of methoxy groups -OCH3 is 1. The lowest BCUT2D eigenvalue weighted by molar-refractivity contribution is -0.150. The fourth-order valence-electron chi connectivity index (χ4n) is 3.67.